The van der Waals surface area contributed by atoms with Gasteiger partial charge < -0.3 is 16.0 Å². The zero-order chi connectivity index (χ0) is 12.8. The van der Waals surface area contributed by atoms with Crippen LogP contribution in [0.25, 0.3) is 0 Å². The molecule has 0 aliphatic rings. The van der Waals surface area contributed by atoms with Gasteiger partial charge in [-0.1, -0.05) is 0 Å². The van der Waals surface area contributed by atoms with E-state index in [0.29, 0.717) is 18.1 Å². The first-order valence-corrected chi connectivity index (χ1v) is 5.24. The van der Waals surface area contributed by atoms with Crippen LogP contribution in [0.15, 0.2) is 12.1 Å². The third kappa shape index (κ3) is 3.08. The van der Waals surface area contributed by atoms with Crippen molar-refractivity contribution in [3.8, 4) is 6.07 Å². The van der Waals surface area contributed by atoms with Gasteiger partial charge in [-0.2, -0.15) is 5.26 Å². The SMILES string of the molecule is CCN(CC(=O)NC)c1ccc(N)c(C#N)n1. The van der Waals surface area contributed by atoms with Crippen LogP contribution in [0.5, 0.6) is 0 Å². The second kappa shape index (κ2) is 5.70. The average molecular weight is 233 g/mol. The number of nitriles is 1. The number of aromatic nitrogens is 1. The molecule has 0 aromatic carbocycles. The molecule has 6 nitrogen and oxygen atoms in total. The lowest BCUT2D eigenvalue weighted by Crippen LogP contribution is -2.36. The predicted molar refractivity (Wildman–Crippen MR) is 65.3 cm³/mol. The van der Waals surface area contributed by atoms with Crippen molar-refractivity contribution in [2.75, 3.05) is 30.8 Å². The Labute approximate surface area is 100 Å². The van der Waals surface area contributed by atoms with Crippen LogP contribution in [0, 0.1) is 11.3 Å². The number of nitrogens with zero attached hydrogens (tertiary/aromatic N) is 3. The van der Waals surface area contributed by atoms with Crippen LogP contribution in [0.2, 0.25) is 0 Å². The van der Waals surface area contributed by atoms with E-state index >= 15 is 0 Å². The Kier molecular flexibility index (Phi) is 4.29. The fraction of sp³-hybridized carbons (Fsp3) is 0.364. The first-order chi connectivity index (χ1) is 8.12. The molecular formula is C11H15N5O. The van der Waals surface area contributed by atoms with Gasteiger partial charge in [-0.3, -0.25) is 4.79 Å². The van der Waals surface area contributed by atoms with E-state index in [1.165, 1.54) is 0 Å². The number of anilines is 2. The second-order valence-electron chi connectivity index (χ2n) is 3.41. The predicted octanol–water partition coefficient (Wildman–Crippen LogP) is 0.108. The van der Waals surface area contributed by atoms with E-state index in [2.05, 4.69) is 10.3 Å². The van der Waals surface area contributed by atoms with E-state index in [-0.39, 0.29) is 18.1 Å². The highest BCUT2D eigenvalue weighted by molar-refractivity contribution is 5.80. The molecule has 1 heterocycles. The number of carbonyl (C=O) groups excluding carboxylic acids is 1. The standard InChI is InChI=1S/C11H15N5O/c1-3-16(7-11(17)14-2)10-5-4-8(13)9(6-12)15-10/h4-5H,3,7,13H2,1-2H3,(H,14,17). The number of carbonyl (C=O) groups is 1. The topological polar surface area (TPSA) is 95.0 Å². The van der Waals surface area contributed by atoms with Gasteiger partial charge in [0.25, 0.3) is 0 Å². The molecule has 1 aromatic heterocycles. The lowest BCUT2D eigenvalue weighted by atomic mass is 10.3. The summed E-state index contributed by atoms with van der Waals surface area (Å²) in [5.74, 6) is 0.464. The van der Waals surface area contributed by atoms with E-state index < -0.39 is 0 Å². The molecule has 0 spiro atoms. The number of likely N-dealkylation sites (N-methyl/N-ethyl adjacent to an activating group) is 2. The molecule has 6 heteroatoms. The van der Waals surface area contributed by atoms with Crippen LogP contribution < -0.4 is 16.0 Å². The van der Waals surface area contributed by atoms with Crippen LogP contribution in [0.1, 0.15) is 12.6 Å². The quantitative estimate of drug-likeness (QED) is 0.769. The van der Waals surface area contributed by atoms with Crippen LogP contribution in [-0.2, 0) is 4.79 Å². The van der Waals surface area contributed by atoms with Gasteiger partial charge >= 0.3 is 0 Å². The minimum Gasteiger partial charge on any atom is -0.396 e. The molecule has 0 aliphatic heterocycles. The minimum atomic E-state index is -0.107. The molecule has 0 radical (unpaired) electrons. The number of amides is 1. The van der Waals surface area contributed by atoms with Crippen molar-refractivity contribution in [1.82, 2.24) is 10.3 Å². The Balaban J connectivity index is 2.97. The third-order valence-electron chi connectivity index (χ3n) is 2.34. The number of hydrogen-bond donors (Lipinski definition) is 2. The van der Waals surface area contributed by atoms with Crippen molar-refractivity contribution in [3.63, 3.8) is 0 Å². The summed E-state index contributed by atoms with van der Waals surface area (Å²) in [6, 6.07) is 5.23. The van der Waals surface area contributed by atoms with Crippen molar-refractivity contribution in [3.05, 3.63) is 17.8 Å². The maximum Gasteiger partial charge on any atom is 0.239 e. The largest absolute Gasteiger partial charge is 0.396 e. The van der Waals surface area contributed by atoms with Gasteiger partial charge in [-0.15, -0.1) is 0 Å². The molecule has 0 saturated heterocycles. The van der Waals surface area contributed by atoms with E-state index in [4.69, 9.17) is 11.0 Å². The maximum atomic E-state index is 11.3. The van der Waals surface area contributed by atoms with Crippen molar-refractivity contribution in [2.24, 2.45) is 0 Å². The van der Waals surface area contributed by atoms with Crippen LogP contribution in [0.3, 0.4) is 0 Å². The highest BCUT2D eigenvalue weighted by Crippen LogP contribution is 2.15. The number of nitrogens with one attached hydrogen (secondary N) is 1. The van der Waals surface area contributed by atoms with Gasteiger partial charge in [0.15, 0.2) is 5.69 Å². The molecule has 0 atom stereocenters. The second-order valence-corrected chi connectivity index (χ2v) is 3.41. The molecule has 0 unspecified atom stereocenters. The summed E-state index contributed by atoms with van der Waals surface area (Å²) in [4.78, 5) is 17.2. The molecule has 17 heavy (non-hydrogen) atoms. The van der Waals surface area contributed by atoms with E-state index in [0.717, 1.165) is 0 Å². The number of rotatable bonds is 4. The average Bonchev–Trinajstić information content (AvgIpc) is 2.36. The lowest BCUT2D eigenvalue weighted by Gasteiger charge is -2.21. The van der Waals surface area contributed by atoms with Crippen molar-refractivity contribution in [1.29, 1.82) is 5.26 Å². The molecule has 0 fully saturated rings. The summed E-state index contributed by atoms with van der Waals surface area (Å²) in [7, 11) is 1.58. The minimum absolute atomic E-state index is 0.107. The third-order valence-corrected chi connectivity index (χ3v) is 2.34. The van der Waals surface area contributed by atoms with Gasteiger partial charge in [0.2, 0.25) is 5.91 Å². The number of nitrogen functional groups attached to an aromatic ring is 1. The van der Waals surface area contributed by atoms with Crippen molar-refractivity contribution >= 4 is 17.4 Å². The monoisotopic (exact) mass is 233 g/mol. The first-order valence-electron chi connectivity index (χ1n) is 5.24. The zero-order valence-electron chi connectivity index (χ0n) is 9.90. The van der Waals surface area contributed by atoms with Gasteiger partial charge in [-0.25, -0.2) is 4.98 Å². The normalized spacial score (nSPS) is 9.47. The first kappa shape index (κ1) is 12.8. The Morgan fingerprint density at radius 3 is 2.88 bits per heavy atom. The summed E-state index contributed by atoms with van der Waals surface area (Å²) in [5.41, 5.74) is 6.10. The maximum absolute atomic E-state index is 11.3. The van der Waals surface area contributed by atoms with E-state index in [1.54, 1.807) is 24.1 Å². The smallest absolute Gasteiger partial charge is 0.239 e. The molecule has 3 N–H and O–H groups in total. The highest BCUT2D eigenvalue weighted by Gasteiger charge is 2.11. The number of hydrogen-bond acceptors (Lipinski definition) is 5. The van der Waals surface area contributed by atoms with Crippen molar-refractivity contribution < 1.29 is 4.79 Å². The fourth-order valence-corrected chi connectivity index (χ4v) is 1.33. The molecule has 90 valence electrons. The molecule has 1 aromatic rings. The van der Waals surface area contributed by atoms with Crippen molar-refractivity contribution in [2.45, 2.75) is 6.92 Å². The van der Waals surface area contributed by atoms with Crippen LogP contribution in [-0.4, -0.2) is 31.0 Å². The summed E-state index contributed by atoms with van der Waals surface area (Å²) in [6.45, 7) is 2.73. The molecule has 0 bridgehead atoms. The number of nitrogens with two attached hydrogens (primary N) is 1. The van der Waals surface area contributed by atoms with Gasteiger partial charge in [0.05, 0.1) is 12.2 Å². The molecule has 1 amide bonds. The molecule has 0 saturated carbocycles. The zero-order valence-corrected chi connectivity index (χ0v) is 9.90. The Bertz CT molecular complexity index is 452. The Morgan fingerprint density at radius 2 is 2.35 bits per heavy atom. The Morgan fingerprint density at radius 1 is 1.65 bits per heavy atom. The number of pyridine rings is 1. The van der Waals surface area contributed by atoms with E-state index in [1.807, 2.05) is 13.0 Å². The molecule has 0 aliphatic carbocycles. The summed E-state index contributed by atoms with van der Waals surface area (Å²) < 4.78 is 0. The van der Waals surface area contributed by atoms with Crippen LogP contribution in [0.4, 0.5) is 11.5 Å². The van der Waals surface area contributed by atoms with Gasteiger partial charge in [0.1, 0.15) is 11.9 Å². The summed E-state index contributed by atoms with van der Waals surface area (Å²) >= 11 is 0. The molecule has 1 rings (SSSR count). The summed E-state index contributed by atoms with van der Waals surface area (Å²) in [5, 5.41) is 11.4. The van der Waals surface area contributed by atoms with Crippen LogP contribution >= 0.6 is 0 Å². The van der Waals surface area contributed by atoms with Gasteiger partial charge in [0, 0.05) is 13.6 Å². The lowest BCUT2D eigenvalue weighted by molar-refractivity contribution is -0.119. The molecular weight excluding hydrogens is 218 g/mol. The fourth-order valence-electron chi connectivity index (χ4n) is 1.33. The highest BCUT2D eigenvalue weighted by atomic mass is 16.1. The van der Waals surface area contributed by atoms with E-state index in [9.17, 15) is 4.79 Å². The van der Waals surface area contributed by atoms with Gasteiger partial charge in [-0.05, 0) is 19.1 Å². The Hall–Kier alpha value is -2.29. The summed E-state index contributed by atoms with van der Waals surface area (Å²) in [6.07, 6.45) is 0.